The first kappa shape index (κ1) is 24.3. The molecular weight excluding hydrogens is 512 g/mol. The van der Waals surface area contributed by atoms with E-state index in [1.807, 2.05) is 0 Å². The number of hydrogen-bond donors (Lipinski definition) is 0. The maximum atomic E-state index is 2.36. The van der Waals surface area contributed by atoms with Gasteiger partial charge in [-0.3, -0.25) is 20.0 Å². The van der Waals surface area contributed by atoms with Crippen LogP contribution in [0.1, 0.15) is 0 Å². The van der Waals surface area contributed by atoms with Gasteiger partial charge in [0.1, 0.15) is 0 Å². The van der Waals surface area contributed by atoms with Gasteiger partial charge in [-0.25, -0.2) is 0 Å². The lowest BCUT2D eigenvalue weighted by Gasteiger charge is -2.35. The molecule has 2 atom stereocenters. The molecule has 4 aromatic rings. The summed E-state index contributed by atoms with van der Waals surface area (Å²) in [6.07, 6.45) is 21.9. The molecule has 0 N–H and O–H groups in total. The molecule has 0 saturated carbocycles. The van der Waals surface area contributed by atoms with Gasteiger partial charge in [0, 0.05) is 12.4 Å². The van der Waals surface area contributed by atoms with E-state index < -0.39 is 0 Å². The lowest BCUT2D eigenvalue weighted by molar-refractivity contribution is 0.821. The first-order valence-corrected chi connectivity index (χ1v) is 14.4. The molecule has 2 heterocycles. The Morgan fingerprint density at radius 2 is 0.786 bits per heavy atom. The Morgan fingerprint density at radius 1 is 0.381 bits per heavy atom. The van der Waals surface area contributed by atoms with E-state index in [2.05, 4.69) is 190 Å². The molecule has 8 rings (SSSR count). The number of rotatable bonds is 5. The maximum Gasteiger partial charge on any atom is 0.0958 e. The molecule has 2 unspecified atom stereocenters. The standard InChI is InChI=1S/C38H30N4/c1-3-13-33(14-4-1)39-27-31-11-7-9-17-37(31)41(39)35-23-19-29(20-24-35)30-21-25-36(26-22-30)42-38-18-10-8-12-32(38)28-40(42)34-15-5-2-6-16-34/h1-28,37-38H. The summed E-state index contributed by atoms with van der Waals surface area (Å²) in [6.45, 7) is 0. The fraction of sp³-hybridized carbons (Fsp3) is 0.0526. The van der Waals surface area contributed by atoms with Crippen molar-refractivity contribution in [2.45, 2.75) is 12.1 Å². The summed E-state index contributed by atoms with van der Waals surface area (Å²) in [7, 11) is 0. The highest BCUT2D eigenvalue weighted by atomic mass is 15.7. The molecule has 42 heavy (non-hydrogen) atoms. The van der Waals surface area contributed by atoms with Crippen molar-refractivity contribution < 1.29 is 0 Å². The molecule has 0 radical (unpaired) electrons. The van der Waals surface area contributed by atoms with Crippen LogP contribution in [0.3, 0.4) is 0 Å². The van der Waals surface area contributed by atoms with Gasteiger partial charge in [-0.1, -0.05) is 109 Å². The fourth-order valence-corrected chi connectivity index (χ4v) is 6.19. The Balaban J connectivity index is 1.08. The number of benzene rings is 4. The van der Waals surface area contributed by atoms with Crippen LogP contribution >= 0.6 is 0 Å². The molecule has 0 saturated heterocycles. The summed E-state index contributed by atoms with van der Waals surface area (Å²) in [5.74, 6) is 0. The predicted octanol–water partition coefficient (Wildman–Crippen LogP) is 8.59. The minimum absolute atomic E-state index is 0.176. The van der Waals surface area contributed by atoms with Crippen molar-refractivity contribution in [1.29, 1.82) is 0 Å². The minimum Gasteiger partial charge on any atom is -0.270 e. The van der Waals surface area contributed by atoms with Gasteiger partial charge in [-0.15, -0.1) is 0 Å². The van der Waals surface area contributed by atoms with Crippen molar-refractivity contribution >= 4 is 22.7 Å². The van der Waals surface area contributed by atoms with Crippen molar-refractivity contribution in [2.75, 3.05) is 20.0 Å². The Kier molecular flexibility index (Phi) is 5.89. The number of allylic oxidation sites excluding steroid dienone is 4. The van der Waals surface area contributed by atoms with Crippen LogP contribution < -0.4 is 20.0 Å². The summed E-state index contributed by atoms with van der Waals surface area (Å²) in [4.78, 5) is 0. The van der Waals surface area contributed by atoms with Crippen molar-refractivity contribution in [2.24, 2.45) is 0 Å². The summed E-state index contributed by atoms with van der Waals surface area (Å²) < 4.78 is 0. The molecular formula is C38H30N4. The summed E-state index contributed by atoms with van der Waals surface area (Å²) in [5, 5.41) is 9.24. The molecule has 202 valence electrons. The second kappa shape index (κ2) is 10.2. The van der Waals surface area contributed by atoms with Crippen molar-refractivity contribution in [3.05, 3.63) is 181 Å². The van der Waals surface area contributed by atoms with E-state index in [1.54, 1.807) is 0 Å². The quantitative estimate of drug-likeness (QED) is 0.250. The van der Waals surface area contributed by atoms with Crippen molar-refractivity contribution in [1.82, 2.24) is 0 Å². The number of nitrogens with zero attached hydrogens (tertiary/aromatic N) is 4. The van der Waals surface area contributed by atoms with Crippen LogP contribution in [0.25, 0.3) is 11.1 Å². The van der Waals surface area contributed by atoms with Crippen LogP contribution in [0, 0.1) is 0 Å². The van der Waals surface area contributed by atoms with Crippen LogP contribution in [0.15, 0.2) is 181 Å². The van der Waals surface area contributed by atoms with Crippen LogP contribution in [0.5, 0.6) is 0 Å². The summed E-state index contributed by atoms with van der Waals surface area (Å²) >= 11 is 0. The van der Waals surface area contributed by atoms with E-state index >= 15 is 0 Å². The van der Waals surface area contributed by atoms with Gasteiger partial charge < -0.3 is 0 Å². The van der Waals surface area contributed by atoms with E-state index in [-0.39, 0.29) is 12.1 Å². The van der Waals surface area contributed by atoms with Gasteiger partial charge in [0.15, 0.2) is 0 Å². The number of para-hydroxylation sites is 2. The monoisotopic (exact) mass is 542 g/mol. The largest absolute Gasteiger partial charge is 0.270 e. The van der Waals surface area contributed by atoms with Gasteiger partial charge >= 0.3 is 0 Å². The van der Waals surface area contributed by atoms with Gasteiger partial charge in [0.2, 0.25) is 0 Å². The van der Waals surface area contributed by atoms with E-state index in [4.69, 9.17) is 0 Å². The fourth-order valence-electron chi connectivity index (χ4n) is 6.19. The van der Waals surface area contributed by atoms with Crippen LogP contribution in [0.2, 0.25) is 0 Å². The topological polar surface area (TPSA) is 13.0 Å². The zero-order valence-electron chi connectivity index (χ0n) is 23.1. The minimum atomic E-state index is 0.176. The molecule has 4 aliphatic rings. The smallest absolute Gasteiger partial charge is 0.0958 e. The molecule has 4 nitrogen and oxygen atoms in total. The van der Waals surface area contributed by atoms with Gasteiger partial charge in [0.25, 0.3) is 0 Å². The molecule has 0 bridgehead atoms. The Hall–Kier alpha value is -5.48. The lowest BCUT2D eigenvalue weighted by Crippen LogP contribution is -2.41. The highest BCUT2D eigenvalue weighted by Crippen LogP contribution is 2.38. The van der Waals surface area contributed by atoms with E-state index in [9.17, 15) is 0 Å². The Morgan fingerprint density at radius 3 is 1.19 bits per heavy atom. The maximum absolute atomic E-state index is 2.36. The Bertz CT molecular complexity index is 1640. The van der Waals surface area contributed by atoms with Crippen LogP contribution in [-0.2, 0) is 0 Å². The Labute approximate surface area is 247 Å². The molecule has 4 aromatic carbocycles. The molecule has 2 aliphatic carbocycles. The summed E-state index contributed by atoms with van der Waals surface area (Å²) in [6, 6.07) is 39.3. The average molecular weight is 543 g/mol. The third-order valence-electron chi connectivity index (χ3n) is 8.24. The highest BCUT2D eigenvalue weighted by molar-refractivity contribution is 5.75. The molecule has 0 aromatic heterocycles. The second-order valence-electron chi connectivity index (χ2n) is 10.8. The third-order valence-corrected chi connectivity index (χ3v) is 8.24. The van der Waals surface area contributed by atoms with Crippen LogP contribution in [-0.4, -0.2) is 12.1 Å². The van der Waals surface area contributed by atoms with Crippen molar-refractivity contribution in [3.8, 4) is 11.1 Å². The van der Waals surface area contributed by atoms with E-state index in [0.717, 1.165) is 22.7 Å². The third kappa shape index (κ3) is 4.16. The molecule has 0 spiro atoms. The number of anilines is 4. The van der Waals surface area contributed by atoms with Gasteiger partial charge in [-0.05, 0) is 70.8 Å². The molecule has 4 heteroatoms. The number of fused-ring (bicyclic) bond motifs is 2. The summed E-state index contributed by atoms with van der Waals surface area (Å²) in [5.41, 5.74) is 9.57. The zero-order valence-corrected chi connectivity index (χ0v) is 23.1. The first-order valence-electron chi connectivity index (χ1n) is 14.4. The van der Waals surface area contributed by atoms with Gasteiger partial charge in [-0.2, -0.15) is 0 Å². The average Bonchev–Trinajstić information content (AvgIpc) is 3.65. The first-order chi connectivity index (χ1) is 20.8. The highest BCUT2D eigenvalue weighted by Gasteiger charge is 2.33. The normalized spacial score (nSPS) is 20.1. The van der Waals surface area contributed by atoms with Gasteiger partial charge in [0.05, 0.1) is 34.8 Å². The SMILES string of the molecule is C1=CC2=CN(c3ccccc3)N(c3ccc(-c4ccc(N5C6C=CC=CC6=CN5c5ccccc5)cc4)cc3)C2C=C1. The van der Waals surface area contributed by atoms with E-state index in [1.165, 1.54) is 22.3 Å². The zero-order chi connectivity index (χ0) is 27.9. The molecule has 0 amide bonds. The van der Waals surface area contributed by atoms with Crippen molar-refractivity contribution in [3.63, 3.8) is 0 Å². The molecule has 0 fully saturated rings. The second-order valence-corrected chi connectivity index (χ2v) is 10.8. The predicted molar refractivity (Wildman–Crippen MR) is 175 cm³/mol. The lowest BCUT2D eigenvalue weighted by atomic mass is 10.0. The number of hydrazine groups is 2. The molecule has 2 aliphatic heterocycles. The van der Waals surface area contributed by atoms with E-state index in [0.29, 0.717) is 0 Å². The van der Waals surface area contributed by atoms with Crippen LogP contribution in [0.4, 0.5) is 22.7 Å². The number of hydrogen-bond acceptors (Lipinski definition) is 4.